The fraction of sp³-hybridized carbons (Fsp3) is 1.00. The van der Waals surface area contributed by atoms with E-state index in [0.717, 1.165) is 0 Å². The van der Waals surface area contributed by atoms with E-state index in [1.54, 1.807) is 0 Å². The van der Waals surface area contributed by atoms with E-state index >= 15 is 0 Å². The molecule has 1 atom stereocenters. The van der Waals surface area contributed by atoms with Crippen LogP contribution in [0.2, 0.25) is 0 Å². The second-order valence-corrected chi connectivity index (χ2v) is 4.17. The quantitative estimate of drug-likeness (QED) is 0.616. The van der Waals surface area contributed by atoms with Gasteiger partial charge in [-0.15, -0.1) is 0 Å². The molecule has 0 saturated heterocycles. The van der Waals surface area contributed by atoms with Crippen LogP contribution in [0.3, 0.4) is 0 Å². The van der Waals surface area contributed by atoms with Gasteiger partial charge in [-0.05, 0) is 13.3 Å². The van der Waals surface area contributed by atoms with Crippen molar-refractivity contribution in [1.29, 1.82) is 0 Å². The molecule has 0 heterocycles. The molecule has 0 amide bonds. The summed E-state index contributed by atoms with van der Waals surface area (Å²) in [5, 5.41) is 8.73. The minimum Gasteiger partial charge on any atom is -0.393 e. The highest BCUT2D eigenvalue weighted by molar-refractivity contribution is 7.86. The molecule has 0 rings (SSSR count). The maximum absolute atomic E-state index is 11.6. The molecule has 0 saturated carbocycles. The monoisotopic (exact) mass is 200 g/mol. The zero-order valence-electron chi connectivity index (χ0n) is 6.86. The predicted octanol–water partition coefficient (Wildman–Crippen LogP) is 0.0732. The Morgan fingerprint density at radius 1 is 1.58 bits per heavy atom. The van der Waals surface area contributed by atoms with Gasteiger partial charge in [-0.2, -0.15) is 8.42 Å². The van der Waals surface area contributed by atoms with Crippen LogP contribution in [0, 0.1) is 0 Å². The van der Waals surface area contributed by atoms with Gasteiger partial charge in [0.15, 0.2) is 0 Å². The minimum absolute atomic E-state index is 0.0972. The van der Waals surface area contributed by atoms with Crippen molar-refractivity contribution in [2.24, 2.45) is 0 Å². The normalized spacial score (nSPS) is 14.6. The molecule has 0 fully saturated rings. The van der Waals surface area contributed by atoms with Crippen LogP contribution in [-0.2, 0) is 14.3 Å². The van der Waals surface area contributed by atoms with Crippen LogP contribution < -0.4 is 0 Å². The molecular weight excluding hydrogens is 187 g/mol. The Hall–Kier alpha value is -0.200. The number of halogens is 1. The number of alkyl halides is 1. The summed E-state index contributed by atoms with van der Waals surface area (Å²) in [6.45, 7) is 0.474. The molecule has 0 spiro atoms. The van der Waals surface area contributed by atoms with E-state index in [0.29, 0.717) is 0 Å². The van der Waals surface area contributed by atoms with Gasteiger partial charge in [0.05, 0.1) is 12.7 Å². The summed E-state index contributed by atoms with van der Waals surface area (Å²) < 4.78 is 37.3. The highest BCUT2D eigenvalue weighted by atomic mass is 32.2. The van der Waals surface area contributed by atoms with E-state index in [1.807, 2.05) is 0 Å². The first-order valence-corrected chi connectivity index (χ1v) is 5.17. The Balaban J connectivity index is 3.62. The van der Waals surface area contributed by atoms with Gasteiger partial charge < -0.3 is 5.11 Å². The zero-order valence-corrected chi connectivity index (χ0v) is 7.68. The molecule has 1 unspecified atom stereocenters. The number of rotatable bonds is 6. The maximum atomic E-state index is 11.6. The number of aliphatic hydroxyl groups is 1. The number of hydrogen-bond acceptors (Lipinski definition) is 4. The molecule has 0 bridgehead atoms. The first kappa shape index (κ1) is 11.8. The molecule has 0 aromatic heterocycles. The Bertz CT molecular complexity index is 200. The van der Waals surface area contributed by atoms with Crippen LogP contribution >= 0.6 is 0 Å². The van der Waals surface area contributed by atoms with Crippen molar-refractivity contribution in [3.63, 3.8) is 0 Å². The summed E-state index contributed by atoms with van der Waals surface area (Å²) in [7, 11) is -3.71. The van der Waals surface area contributed by atoms with Crippen LogP contribution in [-0.4, -0.2) is 38.7 Å². The third kappa shape index (κ3) is 6.51. The molecule has 4 nitrogen and oxygen atoms in total. The molecule has 0 aliphatic carbocycles. The molecular formula is C6H13FO4S. The molecule has 0 aromatic carbocycles. The van der Waals surface area contributed by atoms with E-state index in [1.165, 1.54) is 6.92 Å². The van der Waals surface area contributed by atoms with Crippen molar-refractivity contribution in [3.05, 3.63) is 0 Å². The van der Waals surface area contributed by atoms with Crippen LogP contribution in [0.15, 0.2) is 0 Å². The van der Waals surface area contributed by atoms with Crippen molar-refractivity contribution < 1.29 is 22.1 Å². The fourth-order valence-corrected chi connectivity index (χ4v) is 1.16. The smallest absolute Gasteiger partial charge is 0.269 e. The molecule has 1 N–H and O–H groups in total. The topological polar surface area (TPSA) is 63.6 Å². The SMILES string of the molecule is CC(O)CCOS(=O)(=O)CCF. The molecule has 0 aromatic rings. The third-order valence-corrected chi connectivity index (χ3v) is 2.31. The first-order chi connectivity index (χ1) is 5.48. The van der Waals surface area contributed by atoms with Gasteiger partial charge in [-0.25, -0.2) is 4.39 Å². The van der Waals surface area contributed by atoms with Crippen molar-refractivity contribution in [2.75, 3.05) is 19.0 Å². The van der Waals surface area contributed by atoms with Gasteiger partial charge in [0.25, 0.3) is 10.1 Å². The largest absolute Gasteiger partial charge is 0.393 e. The van der Waals surface area contributed by atoms with Crippen LogP contribution in [0.1, 0.15) is 13.3 Å². The fourth-order valence-electron chi connectivity index (χ4n) is 0.499. The summed E-state index contributed by atoms with van der Waals surface area (Å²) in [5.41, 5.74) is 0. The summed E-state index contributed by atoms with van der Waals surface area (Å²) in [5.74, 6) is -0.618. The molecule has 0 aliphatic heterocycles. The summed E-state index contributed by atoms with van der Waals surface area (Å²) in [6.07, 6.45) is -0.378. The van der Waals surface area contributed by atoms with E-state index in [9.17, 15) is 12.8 Å². The van der Waals surface area contributed by atoms with Gasteiger partial charge in [0.1, 0.15) is 12.4 Å². The zero-order chi connectivity index (χ0) is 9.61. The van der Waals surface area contributed by atoms with Crippen LogP contribution in [0.25, 0.3) is 0 Å². The van der Waals surface area contributed by atoms with Gasteiger partial charge in [-0.1, -0.05) is 0 Å². The lowest BCUT2D eigenvalue weighted by atomic mass is 10.3. The second-order valence-electron chi connectivity index (χ2n) is 2.41. The van der Waals surface area contributed by atoms with E-state index in [2.05, 4.69) is 4.18 Å². The summed E-state index contributed by atoms with van der Waals surface area (Å²) in [4.78, 5) is 0. The minimum atomic E-state index is -3.71. The lowest BCUT2D eigenvalue weighted by molar-refractivity contribution is 0.157. The molecule has 6 heteroatoms. The maximum Gasteiger partial charge on any atom is 0.269 e. The van der Waals surface area contributed by atoms with Crippen molar-refractivity contribution in [3.8, 4) is 0 Å². The highest BCUT2D eigenvalue weighted by Gasteiger charge is 2.10. The van der Waals surface area contributed by atoms with Gasteiger partial charge >= 0.3 is 0 Å². The van der Waals surface area contributed by atoms with Crippen LogP contribution in [0.4, 0.5) is 4.39 Å². The van der Waals surface area contributed by atoms with Crippen molar-refractivity contribution in [2.45, 2.75) is 19.4 Å². The predicted molar refractivity (Wildman–Crippen MR) is 42.0 cm³/mol. The molecule has 0 aliphatic rings. The van der Waals surface area contributed by atoms with Gasteiger partial charge in [0.2, 0.25) is 0 Å². The highest BCUT2D eigenvalue weighted by Crippen LogP contribution is 1.97. The lowest BCUT2D eigenvalue weighted by Gasteiger charge is -2.04. The summed E-state index contributed by atoms with van der Waals surface area (Å²) in [6, 6.07) is 0. The third-order valence-electron chi connectivity index (χ3n) is 1.13. The summed E-state index contributed by atoms with van der Waals surface area (Å²) >= 11 is 0. The van der Waals surface area contributed by atoms with Gasteiger partial charge in [-0.3, -0.25) is 4.18 Å². The molecule has 12 heavy (non-hydrogen) atoms. The Kier molecular flexibility index (Phi) is 5.36. The Labute approximate surface area is 71.5 Å². The van der Waals surface area contributed by atoms with Crippen molar-refractivity contribution >= 4 is 10.1 Å². The van der Waals surface area contributed by atoms with Crippen molar-refractivity contribution in [1.82, 2.24) is 0 Å². The first-order valence-electron chi connectivity index (χ1n) is 3.59. The van der Waals surface area contributed by atoms with Gasteiger partial charge in [0, 0.05) is 0 Å². The molecule has 0 radical (unpaired) electrons. The Morgan fingerprint density at radius 2 is 2.17 bits per heavy atom. The number of aliphatic hydroxyl groups excluding tert-OH is 1. The number of hydrogen-bond donors (Lipinski definition) is 1. The van der Waals surface area contributed by atoms with E-state index in [-0.39, 0.29) is 13.0 Å². The van der Waals surface area contributed by atoms with E-state index in [4.69, 9.17) is 5.11 Å². The average molecular weight is 200 g/mol. The van der Waals surface area contributed by atoms with Crippen LogP contribution in [0.5, 0.6) is 0 Å². The lowest BCUT2D eigenvalue weighted by Crippen LogP contribution is -2.15. The standard InChI is InChI=1S/C6H13FO4S/c1-6(8)2-4-11-12(9,10)5-3-7/h6,8H,2-5H2,1H3. The molecule has 74 valence electrons. The second kappa shape index (κ2) is 5.45. The van der Waals surface area contributed by atoms with E-state index < -0.39 is 28.6 Å². The Morgan fingerprint density at radius 3 is 2.58 bits per heavy atom. The average Bonchev–Trinajstić information content (AvgIpc) is 1.85.